The van der Waals surface area contributed by atoms with Gasteiger partial charge in [-0.05, 0) is 43.4 Å². The molecule has 0 unspecified atom stereocenters. The highest BCUT2D eigenvalue weighted by atomic mass is 16.7. The van der Waals surface area contributed by atoms with Gasteiger partial charge in [0.25, 0.3) is 0 Å². The molecule has 0 radical (unpaired) electrons. The average molecular weight is 319 g/mol. The van der Waals surface area contributed by atoms with Crippen LogP contribution in [0.3, 0.4) is 0 Å². The van der Waals surface area contributed by atoms with Gasteiger partial charge in [-0.2, -0.15) is 0 Å². The first-order chi connectivity index (χ1) is 11.4. The minimum Gasteiger partial charge on any atom is -0.454 e. The number of hydrogen-bond donors (Lipinski definition) is 0. The highest BCUT2D eigenvalue weighted by Gasteiger charge is 2.27. The van der Waals surface area contributed by atoms with Crippen LogP contribution in [0.15, 0.2) is 18.2 Å². The van der Waals surface area contributed by atoms with Crippen molar-refractivity contribution in [2.45, 2.75) is 37.9 Å². The third-order valence-electron chi connectivity index (χ3n) is 4.87. The zero-order valence-corrected chi connectivity index (χ0v) is 13.5. The van der Waals surface area contributed by atoms with Crippen LogP contribution in [0.1, 0.15) is 24.8 Å². The Balaban J connectivity index is 1.28. The zero-order chi connectivity index (χ0) is 15.5. The van der Waals surface area contributed by atoms with E-state index in [1.54, 1.807) is 0 Å². The van der Waals surface area contributed by atoms with Crippen LogP contribution >= 0.6 is 0 Å². The number of rotatable bonds is 4. The van der Waals surface area contributed by atoms with Crippen LogP contribution in [-0.4, -0.2) is 56.7 Å². The standard InChI is InChI=1S/C18H25NO4/c1-6-19(7-9-20-8-1)12-16-4-3-15(23-16)10-14-2-5-17-18(11-14)22-13-21-17/h2,5,11,15-16H,1,3-4,6-10,12-13H2/t15-,16+/m0/s1. The second-order valence-corrected chi connectivity index (χ2v) is 6.62. The quantitative estimate of drug-likeness (QED) is 0.851. The van der Waals surface area contributed by atoms with E-state index in [0.717, 1.165) is 70.0 Å². The predicted molar refractivity (Wildman–Crippen MR) is 86.0 cm³/mol. The molecule has 3 heterocycles. The van der Waals surface area contributed by atoms with Crippen LogP contribution in [0.4, 0.5) is 0 Å². The van der Waals surface area contributed by atoms with E-state index < -0.39 is 0 Å². The molecule has 126 valence electrons. The summed E-state index contributed by atoms with van der Waals surface area (Å²) in [5.41, 5.74) is 1.27. The summed E-state index contributed by atoms with van der Waals surface area (Å²) in [6.45, 7) is 5.29. The van der Waals surface area contributed by atoms with E-state index in [-0.39, 0.29) is 0 Å². The van der Waals surface area contributed by atoms with Gasteiger partial charge < -0.3 is 18.9 Å². The highest BCUT2D eigenvalue weighted by Crippen LogP contribution is 2.33. The number of hydrogen-bond acceptors (Lipinski definition) is 5. The summed E-state index contributed by atoms with van der Waals surface area (Å²) in [5.74, 6) is 1.71. The van der Waals surface area contributed by atoms with Crippen LogP contribution < -0.4 is 9.47 Å². The van der Waals surface area contributed by atoms with Crippen LogP contribution in [0, 0.1) is 0 Å². The van der Waals surface area contributed by atoms with Gasteiger partial charge in [-0.25, -0.2) is 0 Å². The Morgan fingerprint density at radius 2 is 1.91 bits per heavy atom. The van der Waals surface area contributed by atoms with E-state index in [0.29, 0.717) is 19.0 Å². The molecule has 3 aliphatic rings. The lowest BCUT2D eigenvalue weighted by atomic mass is 10.0. The number of benzene rings is 1. The zero-order valence-electron chi connectivity index (χ0n) is 13.5. The van der Waals surface area contributed by atoms with Crippen LogP contribution in [0.25, 0.3) is 0 Å². The number of nitrogens with zero attached hydrogens (tertiary/aromatic N) is 1. The van der Waals surface area contributed by atoms with Crippen molar-refractivity contribution in [3.05, 3.63) is 23.8 Å². The Labute approximate surface area is 137 Å². The van der Waals surface area contributed by atoms with E-state index in [4.69, 9.17) is 18.9 Å². The molecule has 0 aromatic heterocycles. The monoisotopic (exact) mass is 319 g/mol. The van der Waals surface area contributed by atoms with Gasteiger partial charge in [0, 0.05) is 26.2 Å². The number of fused-ring (bicyclic) bond motifs is 1. The van der Waals surface area contributed by atoms with Crippen LogP contribution in [0.5, 0.6) is 11.5 Å². The molecule has 5 heteroatoms. The van der Waals surface area contributed by atoms with Crippen molar-refractivity contribution < 1.29 is 18.9 Å². The molecule has 2 atom stereocenters. The molecule has 5 nitrogen and oxygen atoms in total. The van der Waals surface area contributed by atoms with Gasteiger partial charge in [-0.3, -0.25) is 4.90 Å². The fourth-order valence-corrected chi connectivity index (χ4v) is 3.66. The SMILES string of the molecule is c1cc2c(cc1C[C@@H]1CC[C@H](CN3CCCOCC3)O1)OCO2. The van der Waals surface area contributed by atoms with Crippen molar-refractivity contribution in [3.8, 4) is 11.5 Å². The Hall–Kier alpha value is -1.30. The molecular formula is C18H25NO4. The Morgan fingerprint density at radius 3 is 2.91 bits per heavy atom. The molecule has 0 N–H and O–H groups in total. The second kappa shape index (κ2) is 7.07. The van der Waals surface area contributed by atoms with Crippen molar-refractivity contribution in [2.75, 3.05) is 39.6 Å². The van der Waals surface area contributed by atoms with Gasteiger partial charge in [0.2, 0.25) is 6.79 Å². The van der Waals surface area contributed by atoms with Crippen molar-refractivity contribution >= 4 is 0 Å². The second-order valence-electron chi connectivity index (χ2n) is 6.62. The molecule has 4 rings (SSSR count). The summed E-state index contributed by atoms with van der Waals surface area (Å²) in [5, 5.41) is 0. The van der Waals surface area contributed by atoms with Gasteiger partial charge in [0.1, 0.15) is 0 Å². The topological polar surface area (TPSA) is 40.2 Å². The van der Waals surface area contributed by atoms with Crippen molar-refractivity contribution in [2.24, 2.45) is 0 Å². The molecule has 0 amide bonds. The lowest BCUT2D eigenvalue weighted by Gasteiger charge is -2.23. The molecular weight excluding hydrogens is 294 g/mol. The van der Waals surface area contributed by atoms with Gasteiger partial charge in [-0.1, -0.05) is 6.07 Å². The fourth-order valence-electron chi connectivity index (χ4n) is 3.66. The summed E-state index contributed by atoms with van der Waals surface area (Å²) >= 11 is 0. The normalized spacial score (nSPS) is 28.0. The average Bonchev–Trinajstić information content (AvgIpc) is 3.11. The maximum Gasteiger partial charge on any atom is 0.231 e. The van der Waals surface area contributed by atoms with Crippen LogP contribution in [-0.2, 0) is 15.9 Å². The summed E-state index contributed by atoms with van der Waals surface area (Å²) in [4.78, 5) is 2.49. The largest absolute Gasteiger partial charge is 0.454 e. The first-order valence-electron chi connectivity index (χ1n) is 8.71. The summed E-state index contributed by atoms with van der Waals surface area (Å²) in [6.07, 6.45) is 5.08. The Bertz CT molecular complexity index is 528. The molecule has 0 aliphatic carbocycles. The maximum absolute atomic E-state index is 6.27. The molecule has 0 saturated carbocycles. The highest BCUT2D eigenvalue weighted by molar-refractivity contribution is 5.44. The van der Waals surface area contributed by atoms with E-state index >= 15 is 0 Å². The molecule has 0 bridgehead atoms. The van der Waals surface area contributed by atoms with Gasteiger partial charge in [0.15, 0.2) is 11.5 Å². The molecule has 0 spiro atoms. The van der Waals surface area contributed by atoms with Crippen molar-refractivity contribution in [1.29, 1.82) is 0 Å². The molecule has 1 aromatic rings. The fraction of sp³-hybridized carbons (Fsp3) is 0.667. The summed E-state index contributed by atoms with van der Waals surface area (Å²) < 4.78 is 22.6. The molecule has 23 heavy (non-hydrogen) atoms. The Morgan fingerprint density at radius 1 is 1.00 bits per heavy atom. The van der Waals surface area contributed by atoms with Gasteiger partial charge in [0.05, 0.1) is 18.8 Å². The lowest BCUT2D eigenvalue weighted by Crippen LogP contribution is -2.34. The van der Waals surface area contributed by atoms with E-state index in [2.05, 4.69) is 17.0 Å². The minimum atomic E-state index is 0.323. The first-order valence-corrected chi connectivity index (χ1v) is 8.71. The van der Waals surface area contributed by atoms with Crippen molar-refractivity contribution in [3.63, 3.8) is 0 Å². The van der Waals surface area contributed by atoms with Gasteiger partial charge in [-0.15, -0.1) is 0 Å². The van der Waals surface area contributed by atoms with Gasteiger partial charge >= 0.3 is 0 Å². The van der Waals surface area contributed by atoms with Crippen molar-refractivity contribution in [1.82, 2.24) is 4.90 Å². The maximum atomic E-state index is 6.27. The predicted octanol–water partition coefficient (Wildman–Crippen LogP) is 2.23. The minimum absolute atomic E-state index is 0.323. The first kappa shape index (κ1) is 15.2. The smallest absolute Gasteiger partial charge is 0.231 e. The third kappa shape index (κ3) is 3.79. The summed E-state index contributed by atoms with van der Waals surface area (Å²) in [7, 11) is 0. The Kier molecular flexibility index (Phi) is 4.69. The molecule has 2 saturated heterocycles. The lowest BCUT2D eigenvalue weighted by molar-refractivity contribution is 0.0228. The molecule has 2 fully saturated rings. The van der Waals surface area contributed by atoms with E-state index in [1.165, 1.54) is 5.56 Å². The van der Waals surface area contributed by atoms with E-state index in [1.807, 2.05) is 6.07 Å². The number of ether oxygens (including phenoxy) is 4. The molecule has 1 aromatic carbocycles. The van der Waals surface area contributed by atoms with Crippen LogP contribution in [0.2, 0.25) is 0 Å². The van der Waals surface area contributed by atoms with E-state index in [9.17, 15) is 0 Å². The molecule has 3 aliphatic heterocycles. The third-order valence-corrected chi connectivity index (χ3v) is 4.87. The summed E-state index contributed by atoms with van der Waals surface area (Å²) in [6, 6.07) is 6.21.